The number of hydrogen-bond donors (Lipinski definition) is 1. The molecule has 0 aliphatic heterocycles. The summed E-state index contributed by atoms with van der Waals surface area (Å²) in [5, 5.41) is 3.78. The molecule has 1 unspecified atom stereocenters. The molecule has 90 valence electrons. The van der Waals surface area contributed by atoms with Crippen molar-refractivity contribution in [3.05, 3.63) is 34.6 Å². The van der Waals surface area contributed by atoms with E-state index in [1.54, 1.807) is 13.2 Å². The van der Waals surface area contributed by atoms with Gasteiger partial charge in [-0.2, -0.15) is 0 Å². The Balaban J connectivity index is 2.37. The van der Waals surface area contributed by atoms with E-state index in [2.05, 4.69) is 12.2 Å². The number of methoxy groups -OCH3 is 1. The molecule has 0 amide bonds. The van der Waals surface area contributed by atoms with Crippen LogP contribution in [-0.4, -0.2) is 26.3 Å². The van der Waals surface area contributed by atoms with Gasteiger partial charge in [-0.1, -0.05) is 17.7 Å². The molecular weight excluding hydrogens is 229 g/mol. The normalized spacial score (nSPS) is 12.8. The van der Waals surface area contributed by atoms with Crippen LogP contribution in [0.4, 0.5) is 4.39 Å². The Hall–Kier alpha value is -0.640. The summed E-state index contributed by atoms with van der Waals surface area (Å²) in [5.41, 5.74) is 0.959. The Kier molecular flexibility index (Phi) is 5.74. The second-order valence-electron chi connectivity index (χ2n) is 3.80. The van der Waals surface area contributed by atoms with Crippen molar-refractivity contribution in [3.8, 4) is 0 Å². The van der Waals surface area contributed by atoms with Crippen LogP contribution in [0.5, 0.6) is 0 Å². The van der Waals surface area contributed by atoms with Gasteiger partial charge >= 0.3 is 0 Å². The molecule has 0 bridgehead atoms. The number of hydrogen-bond acceptors (Lipinski definition) is 2. The third kappa shape index (κ3) is 4.47. The standard InChI is InChI=1S/C12H17ClFNO/c1-9(8-16-2)15-6-5-10-3-4-11(14)7-12(10)13/h3-4,7,9,15H,5-6,8H2,1-2H3. The van der Waals surface area contributed by atoms with Crippen LogP contribution in [0.25, 0.3) is 0 Å². The molecule has 0 radical (unpaired) electrons. The molecule has 0 aliphatic rings. The summed E-state index contributed by atoms with van der Waals surface area (Å²) in [7, 11) is 1.68. The molecule has 1 aromatic carbocycles. The summed E-state index contributed by atoms with van der Waals surface area (Å²) in [6.07, 6.45) is 0.785. The topological polar surface area (TPSA) is 21.3 Å². The lowest BCUT2D eigenvalue weighted by molar-refractivity contribution is 0.172. The zero-order chi connectivity index (χ0) is 12.0. The van der Waals surface area contributed by atoms with Crippen LogP contribution in [0.1, 0.15) is 12.5 Å². The highest BCUT2D eigenvalue weighted by Crippen LogP contribution is 2.17. The Morgan fingerprint density at radius 2 is 2.25 bits per heavy atom. The summed E-state index contributed by atoms with van der Waals surface area (Å²) in [4.78, 5) is 0. The average molecular weight is 246 g/mol. The highest BCUT2D eigenvalue weighted by Gasteiger charge is 2.03. The predicted octanol–water partition coefficient (Wildman–Crippen LogP) is 2.65. The fourth-order valence-electron chi connectivity index (χ4n) is 1.49. The lowest BCUT2D eigenvalue weighted by Crippen LogP contribution is -2.31. The fourth-order valence-corrected chi connectivity index (χ4v) is 1.75. The van der Waals surface area contributed by atoms with Crippen LogP contribution < -0.4 is 5.32 Å². The van der Waals surface area contributed by atoms with Gasteiger partial charge < -0.3 is 10.1 Å². The maximum Gasteiger partial charge on any atom is 0.124 e. The number of halogens is 2. The minimum atomic E-state index is -0.297. The van der Waals surface area contributed by atoms with Crippen LogP contribution in [0.2, 0.25) is 5.02 Å². The highest BCUT2D eigenvalue weighted by molar-refractivity contribution is 6.31. The molecule has 4 heteroatoms. The first-order chi connectivity index (χ1) is 7.63. The summed E-state index contributed by atoms with van der Waals surface area (Å²) >= 11 is 5.91. The van der Waals surface area contributed by atoms with E-state index in [0.717, 1.165) is 18.5 Å². The van der Waals surface area contributed by atoms with Gasteiger partial charge in [0.2, 0.25) is 0 Å². The van der Waals surface area contributed by atoms with Crippen LogP contribution >= 0.6 is 11.6 Å². The van der Waals surface area contributed by atoms with Crippen LogP contribution in [0, 0.1) is 5.82 Å². The maximum absolute atomic E-state index is 12.8. The minimum absolute atomic E-state index is 0.297. The van der Waals surface area contributed by atoms with E-state index in [1.165, 1.54) is 12.1 Å². The molecule has 16 heavy (non-hydrogen) atoms. The molecule has 0 aliphatic carbocycles. The molecule has 0 fully saturated rings. The summed E-state index contributed by atoms with van der Waals surface area (Å²) < 4.78 is 17.8. The lowest BCUT2D eigenvalue weighted by atomic mass is 10.1. The molecule has 0 aromatic heterocycles. The van der Waals surface area contributed by atoms with Crippen molar-refractivity contribution in [1.29, 1.82) is 0 Å². The summed E-state index contributed by atoms with van der Waals surface area (Å²) in [6.45, 7) is 3.53. The third-order valence-electron chi connectivity index (χ3n) is 2.32. The molecular formula is C12H17ClFNO. The van der Waals surface area contributed by atoms with E-state index in [0.29, 0.717) is 17.7 Å². The SMILES string of the molecule is COCC(C)NCCc1ccc(F)cc1Cl. The van der Waals surface area contributed by atoms with Crippen LogP contribution in [0.15, 0.2) is 18.2 Å². The summed E-state index contributed by atoms with van der Waals surface area (Å²) in [5.74, 6) is -0.297. The maximum atomic E-state index is 12.8. The molecule has 1 N–H and O–H groups in total. The van der Waals surface area contributed by atoms with Crippen molar-refractivity contribution in [2.75, 3.05) is 20.3 Å². The Labute approximate surface area is 101 Å². The average Bonchev–Trinajstić information content (AvgIpc) is 2.22. The molecule has 0 saturated carbocycles. The van der Waals surface area contributed by atoms with Gasteiger partial charge in [-0.15, -0.1) is 0 Å². The quantitative estimate of drug-likeness (QED) is 0.832. The van der Waals surface area contributed by atoms with E-state index in [-0.39, 0.29) is 5.82 Å². The third-order valence-corrected chi connectivity index (χ3v) is 2.67. The Morgan fingerprint density at radius 1 is 1.50 bits per heavy atom. The zero-order valence-corrected chi connectivity index (χ0v) is 10.4. The largest absolute Gasteiger partial charge is 0.383 e. The van der Waals surface area contributed by atoms with Crippen molar-refractivity contribution < 1.29 is 9.13 Å². The first-order valence-electron chi connectivity index (χ1n) is 5.29. The molecule has 1 rings (SSSR count). The van der Waals surface area contributed by atoms with E-state index in [4.69, 9.17) is 16.3 Å². The second kappa shape index (κ2) is 6.84. The van der Waals surface area contributed by atoms with E-state index in [1.807, 2.05) is 0 Å². The van der Waals surface area contributed by atoms with Gasteiger partial charge in [0, 0.05) is 18.2 Å². The minimum Gasteiger partial charge on any atom is -0.383 e. The van der Waals surface area contributed by atoms with Gasteiger partial charge in [-0.05, 0) is 37.6 Å². The van der Waals surface area contributed by atoms with E-state index < -0.39 is 0 Å². The van der Waals surface area contributed by atoms with Crippen molar-refractivity contribution >= 4 is 11.6 Å². The van der Waals surface area contributed by atoms with Gasteiger partial charge in [0.1, 0.15) is 5.82 Å². The Bertz CT molecular complexity index is 333. The Morgan fingerprint density at radius 3 is 2.88 bits per heavy atom. The van der Waals surface area contributed by atoms with E-state index >= 15 is 0 Å². The first-order valence-corrected chi connectivity index (χ1v) is 5.67. The number of benzene rings is 1. The molecule has 1 aromatic rings. The highest BCUT2D eigenvalue weighted by atomic mass is 35.5. The van der Waals surface area contributed by atoms with E-state index in [9.17, 15) is 4.39 Å². The van der Waals surface area contributed by atoms with Crippen molar-refractivity contribution in [2.45, 2.75) is 19.4 Å². The molecule has 1 atom stereocenters. The first kappa shape index (κ1) is 13.4. The van der Waals surface area contributed by atoms with Crippen LogP contribution in [-0.2, 0) is 11.2 Å². The fraction of sp³-hybridized carbons (Fsp3) is 0.500. The second-order valence-corrected chi connectivity index (χ2v) is 4.20. The van der Waals surface area contributed by atoms with Crippen molar-refractivity contribution in [2.24, 2.45) is 0 Å². The molecule has 0 heterocycles. The van der Waals surface area contributed by atoms with Gasteiger partial charge in [0.05, 0.1) is 6.61 Å². The van der Waals surface area contributed by atoms with Crippen LogP contribution in [0.3, 0.4) is 0 Å². The molecule has 2 nitrogen and oxygen atoms in total. The monoisotopic (exact) mass is 245 g/mol. The van der Waals surface area contributed by atoms with Gasteiger partial charge in [-0.25, -0.2) is 4.39 Å². The zero-order valence-electron chi connectivity index (χ0n) is 9.59. The molecule has 0 spiro atoms. The predicted molar refractivity (Wildman–Crippen MR) is 64.5 cm³/mol. The van der Waals surface area contributed by atoms with Gasteiger partial charge in [0.15, 0.2) is 0 Å². The van der Waals surface area contributed by atoms with Crippen molar-refractivity contribution in [1.82, 2.24) is 5.32 Å². The number of rotatable bonds is 6. The summed E-state index contributed by atoms with van der Waals surface area (Å²) in [6, 6.07) is 4.81. The smallest absolute Gasteiger partial charge is 0.124 e. The van der Waals surface area contributed by atoms with Gasteiger partial charge in [0.25, 0.3) is 0 Å². The van der Waals surface area contributed by atoms with Gasteiger partial charge in [-0.3, -0.25) is 0 Å². The molecule has 0 saturated heterocycles. The number of ether oxygens (including phenoxy) is 1. The van der Waals surface area contributed by atoms with Crippen molar-refractivity contribution in [3.63, 3.8) is 0 Å². The lowest BCUT2D eigenvalue weighted by Gasteiger charge is -2.12. The number of nitrogens with one attached hydrogen (secondary N) is 1.